The Kier molecular flexibility index (Phi) is 7.11. The number of hydrogen-bond acceptors (Lipinski definition) is 6. The van der Waals surface area contributed by atoms with Crippen LogP contribution in [0.3, 0.4) is 0 Å². The summed E-state index contributed by atoms with van der Waals surface area (Å²) < 4.78 is 14.4. The number of fused-ring (bicyclic) bond motifs is 1. The molecule has 1 aromatic carbocycles. The number of aliphatic hydroxyl groups excluding tert-OH is 1. The number of hydrogen-bond donors (Lipinski definition) is 3. The second-order valence-electron chi connectivity index (χ2n) is 8.77. The lowest BCUT2D eigenvalue weighted by Crippen LogP contribution is -2.41. The van der Waals surface area contributed by atoms with Crippen molar-refractivity contribution in [3.63, 3.8) is 0 Å². The summed E-state index contributed by atoms with van der Waals surface area (Å²) in [6.07, 6.45) is 3.65. The summed E-state index contributed by atoms with van der Waals surface area (Å²) in [4.78, 5) is 45.1. The topological polar surface area (TPSA) is 125 Å². The Labute approximate surface area is 200 Å². The van der Waals surface area contributed by atoms with E-state index in [0.29, 0.717) is 25.1 Å². The largest absolute Gasteiger partial charge is 0.505 e. The molecule has 2 amide bonds. The molecule has 1 aliphatic rings. The molecule has 35 heavy (non-hydrogen) atoms. The van der Waals surface area contributed by atoms with Crippen molar-refractivity contribution in [2.24, 2.45) is 0 Å². The van der Waals surface area contributed by atoms with Crippen LogP contribution in [-0.2, 0) is 17.8 Å². The van der Waals surface area contributed by atoms with Gasteiger partial charge in [0.05, 0.1) is 12.1 Å². The van der Waals surface area contributed by atoms with Gasteiger partial charge in [-0.25, -0.2) is 4.39 Å². The third-order valence-corrected chi connectivity index (χ3v) is 6.09. The number of rotatable bonds is 7. The molecule has 4 rings (SSSR count). The van der Waals surface area contributed by atoms with Gasteiger partial charge in [0, 0.05) is 25.3 Å². The number of nitrogens with zero attached hydrogens (tertiary/aromatic N) is 3. The van der Waals surface area contributed by atoms with Crippen LogP contribution < -0.4 is 10.9 Å². The number of halogens is 1. The summed E-state index contributed by atoms with van der Waals surface area (Å²) in [6.45, 7) is 2.07. The Balaban J connectivity index is 1.81. The Morgan fingerprint density at radius 3 is 2.51 bits per heavy atom. The smallest absolute Gasteiger partial charge is 0.268 e. The molecule has 184 valence electrons. The lowest BCUT2D eigenvalue weighted by molar-refractivity contribution is -0.130. The molecule has 0 saturated carbocycles. The summed E-state index contributed by atoms with van der Waals surface area (Å²) in [7, 11) is 0. The maximum Gasteiger partial charge on any atom is 0.268 e. The highest BCUT2D eigenvalue weighted by molar-refractivity contribution is 6.01. The van der Waals surface area contributed by atoms with Gasteiger partial charge < -0.3 is 20.4 Å². The zero-order valence-corrected chi connectivity index (χ0v) is 19.3. The van der Waals surface area contributed by atoms with Crippen LogP contribution >= 0.6 is 0 Å². The van der Waals surface area contributed by atoms with E-state index in [-0.39, 0.29) is 35.9 Å². The Morgan fingerprint density at radius 2 is 1.86 bits per heavy atom. The van der Waals surface area contributed by atoms with Gasteiger partial charge in [-0.2, -0.15) is 0 Å². The maximum absolute atomic E-state index is 13.4. The normalized spacial score (nSPS) is 14.3. The molecule has 10 heteroatoms. The van der Waals surface area contributed by atoms with Crippen LogP contribution in [-0.4, -0.2) is 62.2 Å². The van der Waals surface area contributed by atoms with E-state index in [9.17, 15) is 29.0 Å². The van der Waals surface area contributed by atoms with Gasteiger partial charge in [0.15, 0.2) is 5.75 Å². The van der Waals surface area contributed by atoms with Crippen molar-refractivity contribution in [3.05, 3.63) is 69.4 Å². The quantitative estimate of drug-likeness (QED) is 0.470. The van der Waals surface area contributed by atoms with Crippen molar-refractivity contribution < 1.29 is 24.2 Å². The second kappa shape index (κ2) is 10.2. The summed E-state index contributed by atoms with van der Waals surface area (Å²) in [5.41, 5.74) is 0.343. The minimum Gasteiger partial charge on any atom is -0.505 e. The standard InChI is InChI=1S/C25H27FN4O5/c1-15(14-31)28-24(34)21-23(33)22-19(30(25(21)35)13-20(32)29-8-2-3-9-29)11-17(12-27-22)10-16-4-6-18(26)7-5-16/h4-7,11-12,15,31,33H,2-3,8-10,13-14H2,1H3,(H,28,34). The Bertz CT molecular complexity index is 1320. The number of carbonyl (C=O) groups excluding carboxylic acids is 2. The van der Waals surface area contributed by atoms with E-state index in [1.54, 1.807) is 30.0 Å². The lowest BCUT2D eigenvalue weighted by atomic mass is 10.1. The first kappa shape index (κ1) is 24.3. The highest BCUT2D eigenvalue weighted by atomic mass is 19.1. The molecule has 3 N–H and O–H groups in total. The van der Waals surface area contributed by atoms with Gasteiger partial charge in [-0.05, 0) is 55.5 Å². The molecule has 2 aromatic heterocycles. The first-order valence-electron chi connectivity index (χ1n) is 11.5. The van der Waals surface area contributed by atoms with E-state index in [4.69, 9.17) is 0 Å². The van der Waals surface area contributed by atoms with E-state index in [1.807, 2.05) is 0 Å². The summed E-state index contributed by atoms with van der Waals surface area (Å²) in [5.74, 6) is -2.08. The van der Waals surface area contributed by atoms with Crippen molar-refractivity contribution in [2.75, 3.05) is 19.7 Å². The zero-order valence-electron chi connectivity index (χ0n) is 19.3. The number of pyridine rings is 2. The average molecular weight is 483 g/mol. The lowest BCUT2D eigenvalue weighted by Gasteiger charge is -2.19. The van der Waals surface area contributed by atoms with E-state index in [1.165, 1.54) is 18.3 Å². The number of carbonyl (C=O) groups is 2. The maximum atomic E-state index is 13.4. The van der Waals surface area contributed by atoms with E-state index in [2.05, 4.69) is 10.3 Å². The summed E-state index contributed by atoms with van der Waals surface area (Å²) >= 11 is 0. The van der Waals surface area contributed by atoms with Crippen LogP contribution in [0, 0.1) is 5.82 Å². The first-order chi connectivity index (χ1) is 16.8. The molecule has 1 saturated heterocycles. The molecular formula is C25H27FN4O5. The molecule has 9 nitrogen and oxygen atoms in total. The average Bonchev–Trinajstić information content (AvgIpc) is 3.38. The van der Waals surface area contributed by atoms with Crippen LogP contribution in [0.2, 0.25) is 0 Å². The molecular weight excluding hydrogens is 455 g/mol. The highest BCUT2D eigenvalue weighted by Crippen LogP contribution is 2.26. The molecule has 0 bridgehead atoms. The van der Waals surface area contributed by atoms with Gasteiger partial charge in [0.2, 0.25) is 5.91 Å². The van der Waals surface area contributed by atoms with Crippen molar-refractivity contribution in [1.82, 2.24) is 19.8 Å². The fourth-order valence-corrected chi connectivity index (χ4v) is 4.19. The van der Waals surface area contributed by atoms with Crippen LogP contribution in [0.15, 0.2) is 41.3 Å². The molecule has 1 atom stereocenters. The van der Waals surface area contributed by atoms with Gasteiger partial charge >= 0.3 is 0 Å². The Morgan fingerprint density at radius 1 is 1.17 bits per heavy atom. The van der Waals surface area contributed by atoms with E-state index in [0.717, 1.165) is 23.0 Å². The van der Waals surface area contributed by atoms with Crippen molar-refractivity contribution in [2.45, 2.75) is 38.8 Å². The summed E-state index contributed by atoms with van der Waals surface area (Å²) in [6, 6.07) is 6.95. The molecule has 0 radical (unpaired) electrons. The minimum absolute atomic E-state index is 0.00322. The third-order valence-electron chi connectivity index (χ3n) is 6.09. The molecule has 3 aromatic rings. The predicted octanol–water partition coefficient (Wildman–Crippen LogP) is 1.57. The molecule has 1 aliphatic heterocycles. The van der Waals surface area contributed by atoms with Crippen LogP contribution in [0.25, 0.3) is 11.0 Å². The molecule has 0 aliphatic carbocycles. The van der Waals surface area contributed by atoms with E-state index >= 15 is 0 Å². The van der Waals surface area contributed by atoms with Crippen LogP contribution in [0.4, 0.5) is 4.39 Å². The SMILES string of the molecule is CC(CO)NC(=O)c1c(O)c2ncc(Cc3ccc(F)cc3)cc2n(CC(=O)N2CCCC2)c1=O. The zero-order chi connectivity index (χ0) is 25.1. The Hall–Kier alpha value is -3.79. The third kappa shape index (κ3) is 5.17. The number of likely N-dealkylation sites (tertiary alicyclic amines) is 1. The van der Waals surface area contributed by atoms with Crippen molar-refractivity contribution in [1.29, 1.82) is 0 Å². The molecule has 1 fully saturated rings. The van der Waals surface area contributed by atoms with E-state index < -0.39 is 28.8 Å². The summed E-state index contributed by atoms with van der Waals surface area (Å²) in [5, 5.41) is 22.6. The number of aromatic nitrogens is 2. The van der Waals surface area contributed by atoms with Crippen LogP contribution in [0.5, 0.6) is 5.75 Å². The number of aliphatic hydroxyl groups is 1. The first-order valence-corrected chi connectivity index (χ1v) is 11.5. The van der Waals surface area contributed by atoms with Crippen molar-refractivity contribution >= 4 is 22.8 Å². The predicted molar refractivity (Wildman–Crippen MR) is 127 cm³/mol. The number of benzene rings is 1. The molecule has 3 heterocycles. The van der Waals surface area contributed by atoms with Gasteiger partial charge in [0.25, 0.3) is 11.5 Å². The van der Waals surface area contributed by atoms with Crippen molar-refractivity contribution in [3.8, 4) is 5.75 Å². The number of aromatic hydroxyl groups is 1. The number of nitrogens with one attached hydrogen (secondary N) is 1. The fraction of sp³-hybridized carbons (Fsp3) is 0.360. The fourth-order valence-electron chi connectivity index (χ4n) is 4.19. The van der Waals surface area contributed by atoms with Gasteiger partial charge in [-0.3, -0.25) is 23.9 Å². The number of amides is 2. The van der Waals surface area contributed by atoms with Gasteiger partial charge in [0.1, 0.15) is 23.4 Å². The minimum atomic E-state index is -0.865. The van der Waals surface area contributed by atoms with Crippen LogP contribution in [0.1, 0.15) is 41.3 Å². The second-order valence-corrected chi connectivity index (χ2v) is 8.77. The van der Waals surface area contributed by atoms with Gasteiger partial charge in [-0.1, -0.05) is 12.1 Å². The highest BCUT2D eigenvalue weighted by Gasteiger charge is 2.26. The molecule has 0 spiro atoms. The van der Waals surface area contributed by atoms with Gasteiger partial charge in [-0.15, -0.1) is 0 Å². The molecule has 1 unspecified atom stereocenters. The monoisotopic (exact) mass is 482 g/mol.